The van der Waals surface area contributed by atoms with Gasteiger partial charge in [-0.15, -0.1) is 0 Å². The topological polar surface area (TPSA) is 17.8 Å². The van der Waals surface area contributed by atoms with Gasteiger partial charge in [-0.05, 0) is 37.8 Å². The first kappa shape index (κ1) is 12.6. The fraction of sp³-hybridized carbons (Fsp3) is 0.312. The molecule has 0 fully saturated rings. The van der Waals surface area contributed by atoms with Crippen LogP contribution in [0, 0.1) is 6.92 Å². The summed E-state index contributed by atoms with van der Waals surface area (Å²) in [6.45, 7) is 2.12. The van der Waals surface area contributed by atoms with Gasteiger partial charge < -0.3 is 4.57 Å². The second-order valence-corrected chi connectivity index (χ2v) is 4.74. The highest BCUT2D eigenvalue weighted by molar-refractivity contribution is 5.42. The van der Waals surface area contributed by atoms with Crippen molar-refractivity contribution in [3.8, 4) is 0 Å². The van der Waals surface area contributed by atoms with Gasteiger partial charge >= 0.3 is 0 Å². The summed E-state index contributed by atoms with van der Waals surface area (Å²) >= 11 is 0. The number of imidazole rings is 1. The molecule has 2 aromatic rings. The molecule has 0 atom stereocenters. The maximum Gasteiger partial charge on any atom is 0.0950 e. The molecule has 0 spiro atoms. The number of unbranched alkanes of at least 4 members (excludes halogenated alkanes) is 1. The molecule has 2 rings (SSSR count). The molecule has 0 amide bonds. The van der Waals surface area contributed by atoms with Gasteiger partial charge in [0, 0.05) is 13.2 Å². The Kier molecular flexibility index (Phi) is 4.35. The van der Waals surface area contributed by atoms with Crippen LogP contribution in [0.2, 0.25) is 0 Å². The van der Waals surface area contributed by atoms with Crippen LogP contribution in [0.3, 0.4) is 0 Å². The van der Waals surface area contributed by atoms with Crippen LogP contribution >= 0.6 is 0 Å². The standard InChI is InChI=1S/C16H20N2/c1-14-8-10-15(11-9-14)6-4-3-5-7-16-12-18(2)13-17-16/h5,7-13H,3-4,6H2,1-2H3/b7-5+. The molecule has 1 aromatic heterocycles. The van der Waals surface area contributed by atoms with Crippen LogP contribution in [0.1, 0.15) is 29.7 Å². The quantitative estimate of drug-likeness (QED) is 0.727. The van der Waals surface area contributed by atoms with Gasteiger partial charge in [-0.2, -0.15) is 0 Å². The number of hydrogen-bond acceptors (Lipinski definition) is 1. The van der Waals surface area contributed by atoms with Crippen molar-refractivity contribution in [2.24, 2.45) is 7.05 Å². The van der Waals surface area contributed by atoms with E-state index in [0.29, 0.717) is 0 Å². The number of nitrogens with zero attached hydrogens (tertiary/aromatic N) is 2. The fourth-order valence-corrected chi connectivity index (χ4v) is 1.90. The second-order valence-electron chi connectivity index (χ2n) is 4.74. The monoisotopic (exact) mass is 240 g/mol. The molecule has 94 valence electrons. The molecule has 1 heterocycles. The molecular formula is C16H20N2. The van der Waals surface area contributed by atoms with Crippen molar-refractivity contribution < 1.29 is 0 Å². The summed E-state index contributed by atoms with van der Waals surface area (Å²) in [6.07, 6.45) is 11.6. The van der Waals surface area contributed by atoms with E-state index in [4.69, 9.17) is 0 Å². The Hall–Kier alpha value is -1.83. The van der Waals surface area contributed by atoms with Crippen LogP contribution in [0.4, 0.5) is 0 Å². The molecular weight excluding hydrogens is 220 g/mol. The third-order valence-corrected chi connectivity index (χ3v) is 2.97. The van der Waals surface area contributed by atoms with E-state index in [1.807, 2.05) is 24.1 Å². The summed E-state index contributed by atoms with van der Waals surface area (Å²) in [5.74, 6) is 0. The second kappa shape index (κ2) is 6.20. The molecule has 0 bridgehead atoms. The molecule has 0 saturated carbocycles. The Bertz CT molecular complexity index is 506. The summed E-state index contributed by atoms with van der Waals surface area (Å²) < 4.78 is 1.96. The summed E-state index contributed by atoms with van der Waals surface area (Å²) in [5.41, 5.74) is 3.79. The zero-order chi connectivity index (χ0) is 12.8. The van der Waals surface area contributed by atoms with E-state index in [1.165, 1.54) is 17.5 Å². The fourth-order valence-electron chi connectivity index (χ4n) is 1.90. The first-order chi connectivity index (χ1) is 8.74. The molecule has 1 aromatic carbocycles. The molecule has 0 aliphatic heterocycles. The highest BCUT2D eigenvalue weighted by Gasteiger charge is 1.93. The minimum absolute atomic E-state index is 1.04. The minimum atomic E-state index is 1.04. The third kappa shape index (κ3) is 3.88. The van der Waals surface area contributed by atoms with Gasteiger partial charge in [-0.25, -0.2) is 4.98 Å². The molecule has 0 aliphatic carbocycles. The van der Waals surface area contributed by atoms with Crippen molar-refractivity contribution >= 4 is 6.08 Å². The zero-order valence-corrected chi connectivity index (χ0v) is 11.1. The largest absolute Gasteiger partial charge is 0.340 e. The van der Waals surface area contributed by atoms with Gasteiger partial charge in [0.2, 0.25) is 0 Å². The maximum atomic E-state index is 4.26. The number of rotatable bonds is 5. The van der Waals surface area contributed by atoms with Crippen molar-refractivity contribution in [1.29, 1.82) is 0 Å². The smallest absolute Gasteiger partial charge is 0.0950 e. The lowest BCUT2D eigenvalue weighted by Crippen LogP contribution is -1.84. The van der Waals surface area contributed by atoms with Crippen molar-refractivity contribution in [2.75, 3.05) is 0 Å². The number of aryl methyl sites for hydroxylation is 3. The number of aromatic nitrogens is 2. The summed E-state index contributed by atoms with van der Waals surface area (Å²) in [5, 5.41) is 0. The lowest BCUT2D eigenvalue weighted by molar-refractivity contribution is 0.844. The van der Waals surface area contributed by atoms with Crippen molar-refractivity contribution in [2.45, 2.75) is 26.2 Å². The van der Waals surface area contributed by atoms with Crippen LogP contribution in [0.15, 0.2) is 42.9 Å². The SMILES string of the molecule is Cc1ccc(CCC/C=C/c2cn(C)cn2)cc1. The first-order valence-corrected chi connectivity index (χ1v) is 6.44. The van der Waals surface area contributed by atoms with Gasteiger partial charge in [0.1, 0.15) is 0 Å². The van der Waals surface area contributed by atoms with E-state index in [1.54, 1.807) is 0 Å². The van der Waals surface area contributed by atoms with Crippen molar-refractivity contribution in [3.05, 3.63) is 59.7 Å². The van der Waals surface area contributed by atoms with E-state index in [2.05, 4.69) is 48.3 Å². The molecule has 18 heavy (non-hydrogen) atoms. The van der Waals surface area contributed by atoms with Crippen LogP contribution in [-0.4, -0.2) is 9.55 Å². The van der Waals surface area contributed by atoms with Crippen molar-refractivity contribution in [3.63, 3.8) is 0 Å². The molecule has 2 heteroatoms. The Balaban J connectivity index is 1.73. The number of allylic oxidation sites excluding steroid dienone is 1. The highest BCUT2D eigenvalue weighted by Crippen LogP contribution is 2.08. The average Bonchev–Trinajstić information content (AvgIpc) is 2.77. The highest BCUT2D eigenvalue weighted by atomic mass is 15.0. The lowest BCUT2D eigenvalue weighted by Gasteiger charge is -1.99. The molecule has 0 radical (unpaired) electrons. The van der Waals surface area contributed by atoms with Gasteiger partial charge in [-0.1, -0.05) is 35.9 Å². The number of hydrogen-bond donors (Lipinski definition) is 0. The average molecular weight is 240 g/mol. The van der Waals surface area contributed by atoms with E-state index < -0.39 is 0 Å². The van der Waals surface area contributed by atoms with E-state index in [9.17, 15) is 0 Å². The molecule has 2 nitrogen and oxygen atoms in total. The summed E-state index contributed by atoms with van der Waals surface area (Å²) in [4.78, 5) is 4.26. The normalized spacial score (nSPS) is 11.2. The predicted molar refractivity (Wildman–Crippen MR) is 76.4 cm³/mol. The van der Waals surface area contributed by atoms with Gasteiger partial charge in [0.05, 0.1) is 12.0 Å². The zero-order valence-electron chi connectivity index (χ0n) is 11.1. The van der Waals surface area contributed by atoms with Crippen molar-refractivity contribution in [1.82, 2.24) is 9.55 Å². The molecule has 0 saturated heterocycles. The van der Waals surface area contributed by atoms with Crippen LogP contribution in [-0.2, 0) is 13.5 Å². The maximum absolute atomic E-state index is 4.26. The van der Waals surface area contributed by atoms with Crippen LogP contribution in [0.25, 0.3) is 6.08 Å². The van der Waals surface area contributed by atoms with Gasteiger partial charge in [0.15, 0.2) is 0 Å². The summed E-state index contributed by atoms with van der Waals surface area (Å²) in [6, 6.07) is 8.80. The van der Waals surface area contributed by atoms with Gasteiger partial charge in [-0.3, -0.25) is 0 Å². The lowest BCUT2D eigenvalue weighted by atomic mass is 10.1. The Morgan fingerprint density at radius 3 is 2.67 bits per heavy atom. The molecule has 0 N–H and O–H groups in total. The summed E-state index contributed by atoms with van der Waals surface area (Å²) in [7, 11) is 1.99. The van der Waals surface area contributed by atoms with E-state index in [-0.39, 0.29) is 0 Å². The van der Waals surface area contributed by atoms with E-state index in [0.717, 1.165) is 18.5 Å². The van der Waals surface area contributed by atoms with Gasteiger partial charge in [0.25, 0.3) is 0 Å². The minimum Gasteiger partial charge on any atom is -0.340 e. The Morgan fingerprint density at radius 2 is 2.00 bits per heavy atom. The van der Waals surface area contributed by atoms with Crippen LogP contribution in [0.5, 0.6) is 0 Å². The Labute approximate surface area is 109 Å². The number of benzene rings is 1. The third-order valence-electron chi connectivity index (χ3n) is 2.97. The molecule has 0 unspecified atom stereocenters. The first-order valence-electron chi connectivity index (χ1n) is 6.44. The van der Waals surface area contributed by atoms with Crippen LogP contribution < -0.4 is 0 Å². The Morgan fingerprint density at radius 1 is 1.22 bits per heavy atom. The predicted octanol–water partition coefficient (Wildman–Crippen LogP) is 3.76. The molecule has 0 aliphatic rings. The van der Waals surface area contributed by atoms with E-state index >= 15 is 0 Å².